The molecule has 0 aromatic heterocycles. The fourth-order valence-electron chi connectivity index (χ4n) is 1.97. The fourth-order valence-corrected chi connectivity index (χ4v) is 1.97. The lowest BCUT2D eigenvalue weighted by atomic mass is 9.95. The van der Waals surface area contributed by atoms with Gasteiger partial charge in [-0.15, -0.1) is 0 Å². The number of rotatable bonds is 7. The molecule has 0 saturated carbocycles. The number of hydrogen-bond donors (Lipinski definition) is 2. The van der Waals surface area contributed by atoms with E-state index in [9.17, 15) is 4.79 Å². The van der Waals surface area contributed by atoms with E-state index in [1.807, 2.05) is 24.3 Å². The molecule has 0 fully saturated rings. The van der Waals surface area contributed by atoms with Crippen molar-refractivity contribution in [2.75, 3.05) is 13.7 Å². The monoisotopic (exact) mass is 264 g/mol. The van der Waals surface area contributed by atoms with Gasteiger partial charge in [-0.3, -0.25) is 4.79 Å². The van der Waals surface area contributed by atoms with Crippen LogP contribution in [-0.4, -0.2) is 25.6 Å². The van der Waals surface area contributed by atoms with E-state index in [0.717, 1.165) is 17.7 Å². The molecule has 1 aromatic carbocycles. The van der Waals surface area contributed by atoms with Crippen LogP contribution in [-0.2, 0) is 11.2 Å². The van der Waals surface area contributed by atoms with Crippen LogP contribution >= 0.6 is 0 Å². The van der Waals surface area contributed by atoms with Crippen molar-refractivity contribution >= 4 is 5.91 Å². The second-order valence-corrected chi connectivity index (χ2v) is 4.97. The lowest BCUT2D eigenvalue weighted by molar-refractivity contribution is -0.121. The summed E-state index contributed by atoms with van der Waals surface area (Å²) in [5.74, 6) is 1.23. The molecule has 1 rings (SSSR count). The third-order valence-electron chi connectivity index (χ3n) is 3.15. The average molecular weight is 264 g/mol. The highest BCUT2D eigenvalue weighted by Crippen LogP contribution is 2.21. The summed E-state index contributed by atoms with van der Waals surface area (Å²) in [6.45, 7) is 4.58. The molecule has 3 N–H and O–H groups in total. The maximum atomic E-state index is 11.7. The van der Waals surface area contributed by atoms with Crippen molar-refractivity contribution in [1.82, 2.24) is 5.32 Å². The number of carbonyl (C=O) groups excluding carboxylic acids is 1. The average Bonchev–Trinajstić information content (AvgIpc) is 2.38. The number of nitrogens with one attached hydrogen (secondary N) is 1. The Morgan fingerprint density at radius 2 is 2.05 bits per heavy atom. The number of nitrogens with two attached hydrogens (primary N) is 1. The van der Waals surface area contributed by atoms with Crippen LogP contribution in [0.5, 0.6) is 5.75 Å². The van der Waals surface area contributed by atoms with E-state index in [1.165, 1.54) is 0 Å². The van der Waals surface area contributed by atoms with E-state index >= 15 is 0 Å². The first kappa shape index (κ1) is 15.5. The summed E-state index contributed by atoms with van der Waals surface area (Å²) in [7, 11) is 1.66. The highest BCUT2D eigenvalue weighted by molar-refractivity contribution is 5.76. The number of amides is 1. The van der Waals surface area contributed by atoms with Crippen LogP contribution in [0.25, 0.3) is 0 Å². The second-order valence-electron chi connectivity index (χ2n) is 4.97. The number of carbonyl (C=O) groups is 1. The molecule has 0 aliphatic heterocycles. The number of hydrogen-bond acceptors (Lipinski definition) is 3. The van der Waals surface area contributed by atoms with Crippen LogP contribution in [0.3, 0.4) is 0 Å². The summed E-state index contributed by atoms with van der Waals surface area (Å²) < 4.78 is 5.35. The van der Waals surface area contributed by atoms with Crippen molar-refractivity contribution in [3.63, 3.8) is 0 Å². The Bertz CT molecular complexity index is 405. The van der Waals surface area contributed by atoms with Gasteiger partial charge >= 0.3 is 0 Å². The molecule has 0 aliphatic carbocycles. The molecule has 0 heterocycles. The number of methoxy groups -OCH3 is 1. The zero-order valence-corrected chi connectivity index (χ0v) is 12.0. The van der Waals surface area contributed by atoms with Crippen LogP contribution in [0.2, 0.25) is 0 Å². The smallest absolute Gasteiger partial charge is 0.221 e. The minimum absolute atomic E-state index is 0.0103. The van der Waals surface area contributed by atoms with E-state index in [1.54, 1.807) is 7.11 Å². The van der Waals surface area contributed by atoms with Gasteiger partial charge in [0.1, 0.15) is 5.75 Å². The van der Waals surface area contributed by atoms with E-state index in [4.69, 9.17) is 10.5 Å². The Labute approximate surface area is 115 Å². The van der Waals surface area contributed by atoms with E-state index in [2.05, 4.69) is 19.2 Å². The minimum atomic E-state index is 0.0103. The quantitative estimate of drug-likeness (QED) is 0.788. The predicted octanol–water partition coefficient (Wildman–Crippen LogP) is 1.73. The van der Waals surface area contributed by atoms with Gasteiger partial charge in [0.2, 0.25) is 5.91 Å². The van der Waals surface area contributed by atoms with Crippen LogP contribution in [0, 0.1) is 5.92 Å². The van der Waals surface area contributed by atoms with Gasteiger partial charge in [0.05, 0.1) is 7.11 Å². The predicted molar refractivity (Wildman–Crippen MR) is 77.1 cm³/mol. The fraction of sp³-hybridized carbons (Fsp3) is 0.533. The van der Waals surface area contributed by atoms with Gasteiger partial charge in [0.25, 0.3) is 0 Å². The lowest BCUT2D eigenvalue weighted by Crippen LogP contribution is -2.40. The lowest BCUT2D eigenvalue weighted by Gasteiger charge is -2.23. The van der Waals surface area contributed by atoms with Crippen molar-refractivity contribution in [1.29, 1.82) is 0 Å². The first-order valence-electron chi connectivity index (χ1n) is 6.69. The molecule has 19 heavy (non-hydrogen) atoms. The summed E-state index contributed by atoms with van der Waals surface area (Å²) in [4.78, 5) is 11.7. The third kappa shape index (κ3) is 4.91. The van der Waals surface area contributed by atoms with Gasteiger partial charge < -0.3 is 15.8 Å². The SMILES string of the molecule is COc1ccccc1CC(NC(=O)CCN)C(C)C. The zero-order valence-electron chi connectivity index (χ0n) is 12.0. The van der Waals surface area contributed by atoms with Crippen molar-refractivity contribution in [2.45, 2.75) is 32.7 Å². The molecule has 0 radical (unpaired) electrons. The molecule has 4 heteroatoms. The first-order valence-corrected chi connectivity index (χ1v) is 6.69. The van der Waals surface area contributed by atoms with Gasteiger partial charge in [0, 0.05) is 19.0 Å². The molecule has 1 atom stereocenters. The van der Waals surface area contributed by atoms with E-state index in [0.29, 0.717) is 18.9 Å². The molecule has 1 amide bonds. The Morgan fingerprint density at radius 1 is 1.37 bits per heavy atom. The Morgan fingerprint density at radius 3 is 2.63 bits per heavy atom. The van der Waals surface area contributed by atoms with Gasteiger partial charge in [0.15, 0.2) is 0 Å². The Hall–Kier alpha value is -1.55. The maximum Gasteiger partial charge on any atom is 0.221 e. The van der Waals surface area contributed by atoms with Crippen molar-refractivity contribution in [3.05, 3.63) is 29.8 Å². The van der Waals surface area contributed by atoms with E-state index in [-0.39, 0.29) is 11.9 Å². The highest BCUT2D eigenvalue weighted by atomic mass is 16.5. The summed E-state index contributed by atoms with van der Waals surface area (Å²) in [6.07, 6.45) is 1.13. The molecule has 1 unspecified atom stereocenters. The number of benzene rings is 1. The topological polar surface area (TPSA) is 64.3 Å². The summed E-state index contributed by atoms with van der Waals surface area (Å²) >= 11 is 0. The normalized spacial score (nSPS) is 12.3. The number of para-hydroxylation sites is 1. The van der Waals surface area contributed by atoms with Crippen molar-refractivity contribution in [2.24, 2.45) is 11.7 Å². The molecule has 0 aliphatic rings. The highest BCUT2D eigenvalue weighted by Gasteiger charge is 2.18. The summed E-state index contributed by atoms with van der Waals surface area (Å²) in [5.41, 5.74) is 6.51. The minimum Gasteiger partial charge on any atom is -0.496 e. The van der Waals surface area contributed by atoms with Crippen LogP contribution < -0.4 is 15.8 Å². The molecule has 0 spiro atoms. The Kier molecular flexibility index (Phi) is 6.36. The van der Waals surface area contributed by atoms with Gasteiger partial charge in [-0.2, -0.15) is 0 Å². The van der Waals surface area contributed by atoms with Crippen molar-refractivity contribution < 1.29 is 9.53 Å². The molecule has 0 bridgehead atoms. The number of ether oxygens (including phenoxy) is 1. The molecule has 1 aromatic rings. The van der Waals surface area contributed by atoms with Gasteiger partial charge in [-0.05, 0) is 24.0 Å². The Balaban J connectivity index is 2.75. The summed E-state index contributed by atoms with van der Waals surface area (Å²) in [6, 6.07) is 7.99. The molecule has 4 nitrogen and oxygen atoms in total. The van der Waals surface area contributed by atoms with Crippen molar-refractivity contribution in [3.8, 4) is 5.75 Å². The second kappa shape index (κ2) is 7.79. The van der Waals surface area contributed by atoms with Gasteiger partial charge in [-0.25, -0.2) is 0 Å². The molecule has 0 saturated heterocycles. The van der Waals surface area contributed by atoms with E-state index < -0.39 is 0 Å². The molecular formula is C15H24N2O2. The van der Waals surface area contributed by atoms with Crippen LogP contribution in [0.1, 0.15) is 25.8 Å². The van der Waals surface area contributed by atoms with Gasteiger partial charge in [-0.1, -0.05) is 32.0 Å². The first-order chi connectivity index (χ1) is 9.08. The third-order valence-corrected chi connectivity index (χ3v) is 3.15. The zero-order chi connectivity index (χ0) is 14.3. The summed E-state index contributed by atoms with van der Waals surface area (Å²) in [5, 5.41) is 3.04. The molecular weight excluding hydrogens is 240 g/mol. The molecule has 106 valence electrons. The largest absolute Gasteiger partial charge is 0.496 e. The maximum absolute atomic E-state index is 11.7. The van der Waals surface area contributed by atoms with Crippen LogP contribution in [0.15, 0.2) is 24.3 Å². The van der Waals surface area contributed by atoms with Crippen LogP contribution in [0.4, 0.5) is 0 Å². The standard InChI is InChI=1S/C15H24N2O2/c1-11(2)13(17-15(18)8-9-16)10-12-6-4-5-7-14(12)19-3/h4-7,11,13H,8-10,16H2,1-3H3,(H,17,18).